The third-order valence-electron chi connectivity index (χ3n) is 6.46. The SMILES string of the molecule is CCCCOc1ccc(C(=O)OC2CC3CCCCC3CC2[NH+](C)C)cc1.[Cl-]. The van der Waals surface area contributed by atoms with Crippen molar-refractivity contribution in [2.24, 2.45) is 11.8 Å². The summed E-state index contributed by atoms with van der Waals surface area (Å²) in [6.07, 6.45) is 9.77. The van der Waals surface area contributed by atoms with E-state index in [1.54, 1.807) is 0 Å². The average Bonchev–Trinajstić information content (AvgIpc) is 2.68. The Morgan fingerprint density at radius 3 is 2.32 bits per heavy atom. The molecule has 0 saturated heterocycles. The number of hydrogen-bond donors (Lipinski definition) is 1. The van der Waals surface area contributed by atoms with Gasteiger partial charge in [-0.1, -0.05) is 32.6 Å². The lowest BCUT2D eigenvalue weighted by Crippen LogP contribution is -3.12. The molecular weight excluding hydrogens is 374 g/mol. The molecule has 158 valence electrons. The first kappa shape index (κ1) is 23.0. The second kappa shape index (κ2) is 11.1. The predicted octanol–water partition coefficient (Wildman–Crippen LogP) is 0.508. The molecule has 0 radical (unpaired) electrons. The minimum absolute atomic E-state index is 0. The Balaban J connectivity index is 0.00000280. The summed E-state index contributed by atoms with van der Waals surface area (Å²) in [5.74, 6) is 2.19. The van der Waals surface area contributed by atoms with Gasteiger partial charge in [-0.3, -0.25) is 0 Å². The predicted molar refractivity (Wildman–Crippen MR) is 107 cm³/mol. The van der Waals surface area contributed by atoms with Gasteiger partial charge in [0.15, 0.2) is 6.10 Å². The molecule has 3 rings (SSSR count). The molecule has 2 fully saturated rings. The van der Waals surface area contributed by atoms with Crippen LogP contribution < -0.4 is 22.0 Å². The number of hydrogen-bond acceptors (Lipinski definition) is 3. The van der Waals surface area contributed by atoms with Crippen LogP contribution in [0.25, 0.3) is 0 Å². The van der Waals surface area contributed by atoms with Gasteiger partial charge in [0.1, 0.15) is 11.8 Å². The molecule has 2 saturated carbocycles. The monoisotopic (exact) mass is 409 g/mol. The number of benzene rings is 1. The summed E-state index contributed by atoms with van der Waals surface area (Å²) in [6.45, 7) is 2.87. The van der Waals surface area contributed by atoms with Crippen molar-refractivity contribution in [1.29, 1.82) is 0 Å². The van der Waals surface area contributed by atoms with Crippen LogP contribution in [0.3, 0.4) is 0 Å². The first-order chi connectivity index (χ1) is 13.1. The number of rotatable bonds is 7. The largest absolute Gasteiger partial charge is 1.00 e. The number of ether oxygens (including phenoxy) is 2. The molecule has 4 nitrogen and oxygen atoms in total. The van der Waals surface area contributed by atoms with Gasteiger partial charge in [0, 0.05) is 6.42 Å². The van der Waals surface area contributed by atoms with E-state index in [4.69, 9.17) is 9.47 Å². The maximum atomic E-state index is 12.7. The van der Waals surface area contributed by atoms with E-state index >= 15 is 0 Å². The smallest absolute Gasteiger partial charge is 0.338 e. The number of halogens is 1. The number of carbonyl (C=O) groups excluding carboxylic acids is 1. The molecule has 5 heteroatoms. The van der Waals surface area contributed by atoms with Crippen molar-refractivity contribution < 1.29 is 31.6 Å². The quantitative estimate of drug-likeness (QED) is 0.527. The maximum Gasteiger partial charge on any atom is 0.338 e. The van der Waals surface area contributed by atoms with E-state index in [0.717, 1.165) is 43.5 Å². The van der Waals surface area contributed by atoms with Crippen LogP contribution in [0, 0.1) is 11.8 Å². The zero-order valence-electron chi connectivity index (χ0n) is 17.6. The van der Waals surface area contributed by atoms with Gasteiger partial charge in [-0.05, 0) is 55.4 Å². The average molecular weight is 410 g/mol. The van der Waals surface area contributed by atoms with Crippen molar-refractivity contribution in [3.8, 4) is 5.75 Å². The summed E-state index contributed by atoms with van der Waals surface area (Å²) in [5.41, 5.74) is 0.621. The lowest BCUT2D eigenvalue weighted by atomic mass is 9.68. The fourth-order valence-corrected chi connectivity index (χ4v) is 4.81. The van der Waals surface area contributed by atoms with Crippen molar-refractivity contribution in [2.75, 3.05) is 20.7 Å². The highest BCUT2D eigenvalue weighted by molar-refractivity contribution is 5.89. The number of carbonyl (C=O) groups is 1. The van der Waals surface area contributed by atoms with Crippen molar-refractivity contribution in [3.05, 3.63) is 29.8 Å². The minimum atomic E-state index is -0.194. The molecule has 0 spiro atoms. The summed E-state index contributed by atoms with van der Waals surface area (Å²) >= 11 is 0. The van der Waals surface area contributed by atoms with Crippen LogP contribution in [-0.2, 0) is 4.74 Å². The van der Waals surface area contributed by atoms with Crippen LogP contribution in [0.15, 0.2) is 24.3 Å². The van der Waals surface area contributed by atoms with Crippen LogP contribution in [0.1, 0.15) is 68.6 Å². The highest BCUT2D eigenvalue weighted by atomic mass is 35.5. The summed E-state index contributed by atoms with van der Waals surface area (Å²) < 4.78 is 11.7. The first-order valence-corrected chi connectivity index (χ1v) is 10.8. The Bertz CT molecular complexity index is 604. The fourth-order valence-electron chi connectivity index (χ4n) is 4.81. The normalized spacial score (nSPS) is 26.9. The Hall–Kier alpha value is -1.26. The number of esters is 1. The van der Waals surface area contributed by atoms with Crippen LogP contribution in [0.2, 0.25) is 0 Å². The van der Waals surface area contributed by atoms with E-state index < -0.39 is 0 Å². The number of fused-ring (bicyclic) bond motifs is 1. The molecule has 0 aliphatic heterocycles. The van der Waals surface area contributed by atoms with Crippen molar-refractivity contribution in [2.45, 2.75) is 70.4 Å². The Morgan fingerprint density at radius 2 is 1.71 bits per heavy atom. The Labute approximate surface area is 176 Å². The lowest BCUT2D eigenvalue weighted by molar-refractivity contribution is -0.891. The second-order valence-electron chi connectivity index (χ2n) is 8.63. The number of nitrogens with one attached hydrogen (secondary N) is 1. The molecule has 0 amide bonds. The van der Waals surface area contributed by atoms with E-state index in [0.29, 0.717) is 11.6 Å². The van der Waals surface area contributed by atoms with Gasteiger partial charge in [-0.2, -0.15) is 0 Å². The topological polar surface area (TPSA) is 40.0 Å². The zero-order valence-corrected chi connectivity index (χ0v) is 18.3. The van der Waals surface area contributed by atoms with Crippen molar-refractivity contribution in [3.63, 3.8) is 0 Å². The van der Waals surface area contributed by atoms with Gasteiger partial charge < -0.3 is 26.8 Å². The van der Waals surface area contributed by atoms with E-state index in [9.17, 15) is 4.79 Å². The molecule has 1 aromatic rings. The van der Waals surface area contributed by atoms with Crippen molar-refractivity contribution >= 4 is 5.97 Å². The molecule has 1 aromatic carbocycles. The van der Waals surface area contributed by atoms with Gasteiger partial charge in [0.25, 0.3) is 0 Å². The fraction of sp³-hybridized carbons (Fsp3) is 0.696. The van der Waals surface area contributed by atoms with Gasteiger partial charge in [-0.25, -0.2) is 4.79 Å². The van der Waals surface area contributed by atoms with E-state index in [2.05, 4.69) is 21.0 Å². The van der Waals surface area contributed by atoms with Crippen LogP contribution in [0.4, 0.5) is 0 Å². The van der Waals surface area contributed by atoms with Gasteiger partial charge in [-0.15, -0.1) is 0 Å². The molecule has 0 bridgehead atoms. The van der Waals surface area contributed by atoms with E-state index in [-0.39, 0.29) is 24.5 Å². The molecule has 4 unspecified atom stereocenters. The van der Waals surface area contributed by atoms with E-state index in [1.807, 2.05) is 24.3 Å². The van der Waals surface area contributed by atoms with Gasteiger partial charge in [0.05, 0.1) is 26.3 Å². The molecule has 2 aliphatic carbocycles. The summed E-state index contributed by atoms with van der Waals surface area (Å²) in [5, 5.41) is 0. The summed E-state index contributed by atoms with van der Waals surface area (Å²) in [7, 11) is 4.38. The van der Waals surface area contributed by atoms with Crippen LogP contribution in [0.5, 0.6) is 5.75 Å². The molecule has 28 heavy (non-hydrogen) atoms. The molecular formula is C23H36ClNO3. The zero-order chi connectivity index (χ0) is 19.2. The first-order valence-electron chi connectivity index (χ1n) is 10.8. The van der Waals surface area contributed by atoms with Crippen molar-refractivity contribution in [1.82, 2.24) is 0 Å². The summed E-state index contributed by atoms with van der Waals surface area (Å²) in [6, 6.07) is 7.81. The van der Waals surface area contributed by atoms with Crippen LogP contribution in [-0.4, -0.2) is 38.8 Å². The minimum Gasteiger partial charge on any atom is -1.00 e. The van der Waals surface area contributed by atoms with Gasteiger partial charge >= 0.3 is 5.97 Å². The maximum absolute atomic E-state index is 12.7. The number of likely N-dealkylation sites (N-methyl/N-ethyl adjacent to an activating group) is 1. The number of quaternary nitrogens is 1. The Morgan fingerprint density at radius 1 is 1.07 bits per heavy atom. The number of unbranched alkanes of at least 4 members (excludes halogenated alkanes) is 1. The van der Waals surface area contributed by atoms with Gasteiger partial charge in [0.2, 0.25) is 0 Å². The third kappa shape index (κ3) is 5.87. The lowest BCUT2D eigenvalue weighted by Gasteiger charge is -2.43. The summed E-state index contributed by atoms with van der Waals surface area (Å²) in [4.78, 5) is 14.1. The standard InChI is InChI=1S/C23H35NO3.ClH/c1-4-5-14-26-20-12-10-17(11-13-20)23(25)27-22-16-19-9-7-6-8-18(19)15-21(22)24(2)3;/h10-13,18-19,21-22H,4-9,14-16H2,1-3H3;1H. The Kier molecular flexibility index (Phi) is 9.10. The van der Waals surface area contributed by atoms with Crippen LogP contribution >= 0.6 is 0 Å². The van der Waals surface area contributed by atoms with E-state index in [1.165, 1.54) is 37.0 Å². The molecule has 0 aromatic heterocycles. The second-order valence-corrected chi connectivity index (χ2v) is 8.63. The molecule has 0 heterocycles. The highest BCUT2D eigenvalue weighted by Gasteiger charge is 2.43. The molecule has 2 aliphatic rings. The highest BCUT2D eigenvalue weighted by Crippen LogP contribution is 2.41. The molecule has 4 atom stereocenters. The third-order valence-corrected chi connectivity index (χ3v) is 6.46. The molecule has 1 N–H and O–H groups in total.